The summed E-state index contributed by atoms with van der Waals surface area (Å²) in [4.78, 5) is 4.46. The van der Waals surface area contributed by atoms with Crippen LogP contribution in [0.25, 0.3) is 0 Å². The van der Waals surface area contributed by atoms with Gasteiger partial charge in [0.15, 0.2) is 0 Å². The minimum Gasteiger partial charge on any atom is -0.239 e. The Hall–Kier alpha value is -1.07. The fourth-order valence-corrected chi connectivity index (χ4v) is 2.87. The van der Waals surface area contributed by atoms with Crippen molar-refractivity contribution in [2.75, 3.05) is 0 Å². The van der Waals surface area contributed by atoms with Gasteiger partial charge in [0.05, 0.1) is 5.56 Å². The summed E-state index contributed by atoms with van der Waals surface area (Å²) in [5, 5.41) is 9.57. The summed E-state index contributed by atoms with van der Waals surface area (Å²) < 4.78 is 0. The number of rotatable bonds is 1. The van der Waals surface area contributed by atoms with Gasteiger partial charge in [-0.2, -0.15) is 5.26 Å². The Bertz CT molecular complexity index is 484. The van der Waals surface area contributed by atoms with Crippen LogP contribution in [0.15, 0.2) is 0 Å². The van der Waals surface area contributed by atoms with Gasteiger partial charge in [0.25, 0.3) is 0 Å². The van der Waals surface area contributed by atoms with E-state index in [4.69, 9.17) is 16.9 Å². The smallest absolute Gasteiger partial charge is 0.147 e. The maximum Gasteiger partial charge on any atom is 0.147 e. The number of hydrogen-bond acceptors (Lipinski definition) is 2. The first-order chi connectivity index (χ1) is 7.81. The number of hydrogen-bond donors (Lipinski definition) is 0. The Morgan fingerprint density at radius 1 is 1.19 bits per heavy atom. The molecule has 1 fully saturated rings. The maximum atomic E-state index is 9.15. The molecule has 1 heterocycles. The average Bonchev–Trinajstić information content (AvgIpc) is 3.12. The summed E-state index contributed by atoms with van der Waals surface area (Å²) in [7, 11) is 0. The Labute approximate surface area is 100 Å². The summed E-state index contributed by atoms with van der Waals surface area (Å²) in [6, 6.07) is 2.22. The number of halogens is 1. The van der Waals surface area contributed by atoms with Gasteiger partial charge >= 0.3 is 0 Å². The molecule has 0 atom stereocenters. The molecule has 3 heteroatoms. The van der Waals surface area contributed by atoms with Gasteiger partial charge in [-0.15, -0.1) is 0 Å². The highest BCUT2D eigenvalue weighted by Gasteiger charge is 2.31. The van der Waals surface area contributed by atoms with Crippen LogP contribution < -0.4 is 0 Å². The number of nitrogens with zero attached hydrogens (tertiary/aromatic N) is 2. The molecule has 0 radical (unpaired) electrons. The minimum absolute atomic E-state index is 0.421. The number of aromatic nitrogens is 1. The highest BCUT2D eigenvalue weighted by atomic mass is 35.5. The molecular formula is C13H13ClN2. The Kier molecular flexibility index (Phi) is 2.37. The number of fused-ring (bicyclic) bond motifs is 1. The van der Waals surface area contributed by atoms with Crippen molar-refractivity contribution in [3.05, 3.63) is 27.5 Å². The Morgan fingerprint density at radius 3 is 2.50 bits per heavy atom. The molecule has 1 aromatic heterocycles. The molecule has 0 N–H and O–H groups in total. The molecule has 0 bridgehead atoms. The van der Waals surface area contributed by atoms with Gasteiger partial charge in [0, 0.05) is 11.6 Å². The van der Waals surface area contributed by atoms with Crippen molar-refractivity contribution in [3.8, 4) is 6.07 Å². The lowest BCUT2D eigenvalue weighted by Crippen LogP contribution is -2.11. The molecule has 2 aliphatic carbocycles. The number of pyridine rings is 1. The molecule has 0 saturated heterocycles. The summed E-state index contributed by atoms with van der Waals surface area (Å²) >= 11 is 6.10. The first-order valence-electron chi connectivity index (χ1n) is 5.92. The van der Waals surface area contributed by atoms with Crippen LogP contribution in [0.4, 0.5) is 0 Å². The zero-order valence-electron chi connectivity index (χ0n) is 9.09. The molecule has 3 rings (SSSR count). The molecule has 1 aromatic rings. The molecule has 0 aliphatic heterocycles. The van der Waals surface area contributed by atoms with Gasteiger partial charge in [-0.1, -0.05) is 11.6 Å². The van der Waals surface area contributed by atoms with E-state index in [-0.39, 0.29) is 0 Å². The van der Waals surface area contributed by atoms with Gasteiger partial charge in [-0.25, -0.2) is 4.98 Å². The lowest BCUT2D eigenvalue weighted by molar-refractivity contribution is 0.670. The van der Waals surface area contributed by atoms with E-state index in [0.717, 1.165) is 12.8 Å². The van der Waals surface area contributed by atoms with E-state index in [1.54, 1.807) is 0 Å². The van der Waals surface area contributed by atoms with Crippen molar-refractivity contribution in [2.45, 2.75) is 44.4 Å². The van der Waals surface area contributed by atoms with E-state index in [1.165, 1.54) is 42.5 Å². The third-order valence-electron chi connectivity index (χ3n) is 3.58. The molecule has 0 aromatic carbocycles. The van der Waals surface area contributed by atoms with Crippen molar-refractivity contribution in [1.29, 1.82) is 5.26 Å². The zero-order valence-corrected chi connectivity index (χ0v) is 9.85. The predicted octanol–water partition coefficient (Wildman–Crippen LogP) is 3.36. The van der Waals surface area contributed by atoms with E-state index in [1.807, 2.05) is 0 Å². The van der Waals surface area contributed by atoms with E-state index < -0.39 is 0 Å². The van der Waals surface area contributed by atoms with E-state index in [9.17, 15) is 0 Å². The van der Waals surface area contributed by atoms with Crippen LogP contribution in [0.3, 0.4) is 0 Å². The van der Waals surface area contributed by atoms with Crippen LogP contribution in [0.5, 0.6) is 0 Å². The highest BCUT2D eigenvalue weighted by Crippen LogP contribution is 2.44. The van der Waals surface area contributed by atoms with Gasteiger partial charge in [0.1, 0.15) is 11.2 Å². The van der Waals surface area contributed by atoms with Crippen LogP contribution in [-0.2, 0) is 12.8 Å². The molecule has 82 valence electrons. The number of nitriles is 1. The molecule has 1 saturated carbocycles. The van der Waals surface area contributed by atoms with Gasteiger partial charge in [-0.05, 0) is 49.7 Å². The monoisotopic (exact) mass is 232 g/mol. The predicted molar refractivity (Wildman–Crippen MR) is 62.6 cm³/mol. The molecule has 0 unspecified atom stereocenters. The van der Waals surface area contributed by atoms with Crippen molar-refractivity contribution < 1.29 is 0 Å². The van der Waals surface area contributed by atoms with E-state index in [2.05, 4.69) is 11.1 Å². The quantitative estimate of drug-likeness (QED) is 0.697. The second kappa shape index (κ2) is 3.75. The normalized spacial score (nSPS) is 19.0. The minimum atomic E-state index is 0.421. The lowest BCUT2D eigenvalue weighted by atomic mass is 9.87. The fraction of sp³-hybridized carbons (Fsp3) is 0.538. The van der Waals surface area contributed by atoms with E-state index in [0.29, 0.717) is 16.6 Å². The van der Waals surface area contributed by atoms with Crippen molar-refractivity contribution in [2.24, 2.45) is 0 Å². The summed E-state index contributed by atoms with van der Waals surface area (Å²) in [6.07, 6.45) is 6.95. The molecule has 2 nitrogen and oxygen atoms in total. The van der Waals surface area contributed by atoms with Crippen LogP contribution >= 0.6 is 11.6 Å². The Balaban J connectivity index is 2.22. The van der Waals surface area contributed by atoms with Crippen LogP contribution in [0, 0.1) is 11.3 Å². The molecule has 0 spiro atoms. The largest absolute Gasteiger partial charge is 0.239 e. The second-order valence-corrected chi connectivity index (χ2v) is 5.07. The van der Waals surface area contributed by atoms with Crippen molar-refractivity contribution >= 4 is 11.6 Å². The lowest BCUT2D eigenvalue weighted by Gasteiger charge is -2.20. The second-order valence-electron chi connectivity index (χ2n) is 4.71. The Morgan fingerprint density at radius 2 is 1.88 bits per heavy atom. The van der Waals surface area contributed by atoms with Crippen LogP contribution in [-0.4, -0.2) is 4.98 Å². The van der Waals surface area contributed by atoms with Crippen LogP contribution in [0.1, 0.15) is 54.0 Å². The molecular weight excluding hydrogens is 220 g/mol. The van der Waals surface area contributed by atoms with Gasteiger partial charge < -0.3 is 0 Å². The van der Waals surface area contributed by atoms with E-state index >= 15 is 0 Å². The fourth-order valence-electron chi connectivity index (χ4n) is 2.63. The molecule has 16 heavy (non-hydrogen) atoms. The summed E-state index contributed by atoms with van der Waals surface area (Å²) in [5.74, 6) is 0.622. The first kappa shape index (κ1) is 10.1. The summed E-state index contributed by atoms with van der Waals surface area (Å²) in [6.45, 7) is 0. The zero-order chi connectivity index (χ0) is 11.1. The van der Waals surface area contributed by atoms with Crippen molar-refractivity contribution in [3.63, 3.8) is 0 Å². The molecule has 2 aliphatic rings. The first-order valence-corrected chi connectivity index (χ1v) is 6.30. The van der Waals surface area contributed by atoms with Crippen LogP contribution in [0.2, 0.25) is 5.15 Å². The van der Waals surface area contributed by atoms with Crippen molar-refractivity contribution in [1.82, 2.24) is 4.98 Å². The molecule has 0 amide bonds. The average molecular weight is 233 g/mol. The topological polar surface area (TPSA) is 36.7 Å². The summed E-state index contributed by atoms with van der Waals surface area (Å²) in [5.41, 5.74) is 4.35. The SMILES string of the molecule is N#Cc1c(Cl)nc(C2CC2)c2c1CCCC2. The van der Waals surface area contributed by atoms with Gasteiger partial charge in [0.2, 0.25) is 0 Å². The standard InChI is InChI=1S/C13H13ClN2/c14-13-11(7-15)9-3-1-2-4-10(9)12(16-13)8-5-6-8/h8H,1-6H2. The third-order valence-corrected chi connectivity index (χ3v) is 3.85. The van der Waals surface area contributed by atoms with Gasteiger partial charge in [-0.3, -0.25) is 0 Å². The maximum absolute atomic E-state index is 9.15. The third kappa shape index (κ3) is 1.51. The highest BCUT2D eigenvalue weighted by molar-refractivity contribution is 6.30.